The molecular weight excluding hydrogens is 391 g/mol. The highest BCUT2D eigenvalue weighted by atomic mass is 127. The molecule has 1 N–H and O–H groups in total. The van der Waals surface area contributed by atoms with Crippen LogP contribution in [0, 0.1) is 3.57 Å². The van der Waals surface area contributed by atoms with Gasteiger partial charge in [-0.3, -0.25) is 0 Å². The summed E-state index contributed by atoms with van der Waals surface area (Å²) in [6, 6.07) is 7.25. The topological polar surface area (TPSA) is 15.3 Å². The highest BCUT2D eigenvalue weighted by Gasteiger charge is 2.19. The molecule has 1 fully saturated rings. The molecule has 2 rings (SSSR count). The summed E-state index contributed by atoms with van der Waals surface area (Å²) in [6.45, 7) is 5.56. The van der Waals surface area contributed by atoms with Crippen LogP contribution in [0.5, 0.6) is 0 Å². The number of halogens is 2. The lowest BCUT2D eigenvalue weighted by molar-refractivity contribution is 0.423. The maximum Gasteiger partial charge on any atom is 0.0521 e. The molecule has 1 aromatic rings. The minimum atomic E-state index is 0.706. The van der Waals surface area contributed by atoms with E-state index >= 15 is 0 Å². The normalized spacial score (nSPS) is 17.5. The van der Waals surface area contributed by atoms with Crippen LogP contribution in [0.15, 0.2) is 22.7 Å². The second-order valence-corrected chi connectivity index (χ2v) is 6.51. The Labute approximate surface area is 125 Å². The van der Waals surface area contributed by atoms with Crippen molar-refractivity contribution >= 4 is 44.2 Å². The van der Waals surface area contributed by atoms with Gasteiger partial charge in [-0.1, -0.05) is 6.92 Å². The van der Waals surface area contributed by atoms with Crippen molar-refractivity contribution in [2.24, 2.45) is 0 Å². The van der Waals surface area contributed by atoms with E-state index < -0.39 is 0 Å². The molecule has 0 amide bonds. The molecule has 1 saturated heterocycles. The first-order valence-corrected chi connectivity index (χ1v) is 8.01. The van der Waals surface area contributed by atoms with Crippen LogP contribution in [-0.2, 0) is 0 Å². The molecule has 1 aliphatic rings. The smallest absolute Gasteiger partial charge is 0.0521 e. The molecule has 1 aromatic carbocycles. The predicted octanol–water partition coefficient (Wildman–Crippen LogP) is 3.63. The van der Waals surface area contributed by atoms with Crippen LogP contribution in [0.4, 0.5) is 5.69 Å². The van der Waals surface area contributed by atoms with E-state index in [1.54, 1.807) is 0 Å². The summed E-state index contributed by atoms with van der Waals surface area (Å²) in [5, 5.41) is 3.54. The second kappa shape index (κ2) is 6.38. The zero-order chi connectivity index (χ0) is 12.3. The van der Waals surface area contributed by atoms with Crippen molar-refractivity contribution in [3.05, 3.63) is 26.2 Å². The molecule has 1 heterocycles. The molecule has 0 atom stereocenters. The SMILES string of the molecule is CCNC1CCN(c2cc(I)ccc2Br)CC1. The van der Waals surface area contributed by atoms with Crippen molar-refractivity contribution in [3.63, 3.8) is 0 Å². The van der Waals surface area contributed by atoms with Gasteiger partial charge in [0, 0.05) is 27.2 Å². The van der Waals surface area contributed by atoms with Crippen molar-refractivity contribution in [2.45, 2.75) is 25.8 Å². The van der Waals surface area contributed by atoms with E-state index in [2.05, 4.69) is 73.9 Å². The van der Waals surface area contributed by atoms with E-state index in [4.69, 9.17) is 0 Å². The summed E-state index contributed by atoms with van der Waals surface area (Å²) in [7, 11) is 0. The molecule has 0 spiro atoms. The first-order valence-electron chi connectivity index (χ1n) is 6.14. The van der Waals surface area contributed by atoms with Crippen molar-refractivity contribution in [1.82, 2.24) is 5.32 Å². The fourth-order valence-corrected chi connectivity index (χ4v) is 3.31. The fourth-order valence-electron chi connectivity index (χ4n) is 2.34. The molecular formula is C13H18BrIN2. The van der Waals surface area contributed by atoms with Crippen LogP contribution in [0.25, 0.3) is 0 Å². The summed E-state index contributed by atoms with van der Waals surface area (Å²) in [4.78, 5) is 2.49. The van der Waals surface area contributed by atoms with Crippen molar-refractivity contribution < 1.29 is 0 Å². The van der Waals surface area contributed by atoms with E-state index in [9.17, 15) is 0 Å². The highest BCUT2D eigenvalue weighted by molar-refractivity contribution is 14.1. The number of benzene rings is 1. The largest absolute Gasteiger partial charge is 0.370 e. The Morgan fingerprint density at radius 2 is 2.12 bits per heavy atom. The minimum Gasteiger partial charge on any atom is -0.370 e. The average molecular weight is 409 g/mol. The number of nitrogens with one attached hydrogen (secondary N) is 1. The zero-order valence-electron chi connectivity index (χ0n) is 10.0. The molecule has 0 bridgehead atoms. The van der Waals surface area contributed by atoms with Crippen molar-refractivity contribution in [1.29, 1.82) is 0 Å². The van der Waals surface area contributed by atoms with Gasteiger partial charge in [-0.05, 0) is 76.1 Å². The number of piperidine rings is 1. The maximum absolute atomic E-state index is 3.65. The van der Waals surface area contributed by atoms with Gasteiger partial charge in [0.15, 0.2) is 0 Å². The van der Waals surface area contributed by atoms with E-state index in [0.29, 0.717) is 6.04 Å². The van der Waals surface area contributed by atoms with Crippen LogP contribution >= 0.6 is 38.5 Å². The van der Waals surface area contributed by atoms with E-state index in [1.807, 2.05) is 0 Å². The van der Waals surface area contributed by atoms with Crippen LogP contribution in [-0.4, -0.2) is 25.7 Å². The maximum atomic E-state index is 3.65. The van der Waals surface area contributed by atoms with Gasteiger partial charge in [-0.15, -0.1) is 0 Å². The predicted molar refractivity (Wildman–Crippen MR) is 85.8 cm³/mol. The summed E-state index contributed by atoms with van der Waals surface area (Å²) in [6.07, 6.45) is 2.48. The number of anilines is 1. The molecule has 2 nitrogen and oxygen atoms in total. The average Bonchev–Trinajstić information content (AvgIpc) is 2.34. The lowest BCUT2D eigenvalue weighted by Crippen LogP contribution is -2.42. The van der Waals surface area contributed by atoms with E-state index in [1.165, 1.54) is 26.6 Å². The Hall–Kier alpha value is 0.190. The van der Waals surface area contributed by atoms with E-state index in [0.717, 1.165) is 19.6 Å². The second-order valence-electron chi connectivity index (χ2n) is 4.41. The highest BCUT2D eigenvalue weighted by Crippen LogP contribution is 2.30. The lowest BCUT2D eigenvalue weighted by atomic mass is 10.0. The Bertz CT molecular complexity index is 376. The molecule has 4 heteroatoms. The summed E-state index contributed by atoms with van der Waals surface area (Å²) < 4.78 is 2.51. The molecule has 0 saturated carbocycles. The Morgan fingerprint density at radius 1 is 1.41 bits per heavy atom. The van der Waals surface area contributed by atoms with Crippen LogP contribution < -0.4 is 10.2 Å². The molecule has 17 heavy (non-hydrogen) atoms. The first kappa shape index (κ1) is 13.6. The number of nitrogens with zero attached hydrogens (tertiary/aromatic N) is 1. The van der Waals surface area contributed by atoms with Gasteiger partial charge in [0.1, 0.15) is 0 Å². The van der Waals surface area contributed by atoms with Gasteiger partial charge in [0.05, 0.1) is 5.69 Å². The van der Waals surface area contributed by atoms with E-state index in [-0.39, 0.29) is 0 Å². The first-order chi connectivity index (χ1) is 8.20. The van der Waals surface area contributed by atoms with Crippen molar-refractivity contribution in [3.8, 4) is 0 Å². The third-order valence-electron chi connectivity index (χ3n) is 3.24. The van der Waals surface area contributed by atoms with Gasteiger partial charge in [0.2, 0.25) is 0 Å². The van der Waals surface area contributed by atoms with Gasteiger partial charge in [-0.25, -0.2) is 0 Å². The van der Waals surface area contributed by atoms with Gasteiger partial charge >= 0.3 is 0 Å². The third kappa shape index (κ3) is 3.58. The lowest BCUT2D eigenvalue weighted by Gasteiger charge is -2.34. The van der Waals surface area contributed by atoms with Crippen LogP contribution in [0.1, 0.15) is 19.8 Å². The third-order valence-corrected chi connectivity index (χ3v) is 4.58. The Morgan fingerprint density at radius 3 is 2.76 bits per heavy atom. The zero-order valence-corrected chi connectivity index (χ0v) is 13.8. The quantitative estimate of drug-likeness (QED) is 0.768. The molecule has 0 aliphatic carbocycles. The van der Waals surface area contributed by atoms with Crippen molar-refractivity contribution in [2.75, 3.05) is 24.5 Å². The molecule has 94 valence electrons. The summed E-state index contributed by atoms with van der Waals surface area (Å²) in [5.74, 6) is 0. The monoisotopic (exact) mass is 408 g/mol. The molecule has 0 aromatic heterocycles. The number of hydrogen-bond donors (Lipinski definition) is 1. The molecule has 1 aliphatic heterocycles. The standard InChI is InChI=1S/C13H18BrIN2/c1-2-16-11-5-7-17(8-6-11)13-9-10(15)3-4-12(13)14/h3-4,9,11,16H,2,5-8H2,1H3. The summed E-state index contributed by atoms with van der Waals surface area (Å²) >= 11 is 6.03. The summed E-state index contributed by atoms with van der Waals surface area (Å²) in [5.41, 5.74) is 1.34. The Balaban J connectivity index is 2.02. The molecule has 0 radical (unpaired) electrons. The van der Waals surface area contributed by atoms with Crippen LogP contribution in [0.2, 0.25) is 0 Å². The molecule has 0 unspecified atom stereocenters. The van der Waals surface area contributed by atoms with Gasteiger partial charge in [-0.2, -0.15) is 0 Å². The van der Waals surface area contributed by atoms with Gasteiger partial charge < -0.3 is 10.2 Å². The minimum absolute atomic E-state index is 0.706. The fraction of sp³-hybridized carbons (Fsp3) is 0.538. The van der Waals surface area contributed by atoms with Crippen LogP contribution in [0.3, 0.4) is 0 Å². The Kier molecular flexibility index (Phi) is 5.11. The van der Waals surface area contributed by atoms with Gasteiger partial charge in [0.25, 0.3) is 0 Å². The number of rotatable bonds is 3. The number of hydrogen-bond acceptors (Lipinski definition) is 2.